The first-order chi connectivity index (χ1) is 8.39. The highest BCUT2D eigenvalue weighted by molar-refractivity contribution is 4.98. The summed E-state index contributed by atoms with van der Waals surface area (Å²) in [6.45, 7) is 3.66. The minimum absolute atomic E-state index is 0.0963. The molecule has 98 valence electrons. The molecule has 0 aromatic carbocycles. The normalized spacial score (nSPS) is 34.2. The first-order valence-corrected chi connectivity index (χ1v) is 7.34. The lowest BCUT2D eigenvalue weighted by molar-refractivity contribution is -0.151. The van der Waals surface area contributed by atoms with Crippen molar-refractivity contribution in [1.82, 2.24) is 5.32 Å². The second-order valence-electron chi connectivity index (χ2n) is 5.92. The van der Waals surface area contributed by atoms with Gasteiger partial charge in [-0.15, -0.1) is 0 Å². The smallest absolute Gasteiger partial charge is 0.0879 e. The van der Waals surface area contributed by atoms with Gasteiger partial charge in [-0.2, -0.15) is 0 Å². The predicted octanol–water partition coefficient (Wildman–Crippen LogP) is 2.10. The van der Waals surface area contributed by atoms with E-state index in [1.54, 1.807) is 0 Å². The quantitative estimate of drug-likeness (QED) is 0.800. The number of ether oxygens (including phenoxy) is 2. The van der Waals surface area contributed by atoms with E-state index in [0.717, 1.165) is 45.1 Å². The van der Waals surface area contributed by atoms with Crippen LogP contribution < -0.4 is 5.32 Å². The fourth-order valence-electron chi connectivity index (χ4n) is 3.86. The van der Waals surface area contributed by atoms with E-state index in [1.807, 2.05) is 0 Å². The van der Waals surface area contributed by atoms with Crippen LogP contribution in [0.3, 0.4) is 0 Å². The van der Waals surface area contributed by atoms with E-state index >= 15 is 0 Å². The third kappa shape index (κ3) is 2.51. The number of morpholine rings is 1. The van der Waals surface area contributed by atoms with Gasteiger partial charge in [0.2, 0.25) is 0 Å². The van der Waals surface area contributed by atoms with Gasteiger partial charge < -0.3 is 14.8 Å². The summed E-state index contributed by atoms with van der Waals surface area (Å²) >= 11 is 0. The Hall–Kier alpha value is -0.120. The summed E-state index contributed by atoms with van der Waals surface area (Å²) < 4.78 is 11.7. The molecule has 17 heavy (non-hydrogen) atoms. The molecule has 0 aromatic heterocycles. The van der Waals surface area contributed by atoms with Crippen molar-refractivity contribution >= 4 is 0 Å². The van der Waals surface area contributed by atoms with E-state index in [0.29, 0.717) is 6.04 Å². The van der Waals surface area contributed by atoms with Crippen LogP contribution in [0.5, 0.6) is 0 Å². The summed E-state index contributed by atoms with van der Waals surface area (Å²) in [6.07, 6.45) is 9.23. The van der Waals surface area contributed by atoms with Crippen molar-refractivity contribution in [2.75, 3.05) is 26.4 Å². The van der Waals surface area contributed by atoms with Gasteiger partial charge in [0, 0.05) is 38.6 Å². The van der Waals surface area contributed by atoms with Crippen LogP contribution in [-0.2, 0) is 9.47 Å². The van der Waals surface area contributed by atoms with Gasteiger partial charge in [-0.05, 0) is 12.3 Å². The Balaban J connectivity index is 1.65. The lowest BCUT2D eigenvalue weighted by Crippen LogP contribution is -2.60. The van der Waals surface area contributed by atoms with Crippen molar-refractivity contribution in [3.05, 3.63) is 0 Å². The summed E-state index contributed by atoms with van der Waals surface area (Å²) in [6, 6.07) is 0.572. The number of hydrogen-bond donors (Lipinski definition) is 1. The summed E-state index contributed by atoms with van der Waals surface area (Å²) in [4.78, 5) is 0. The van der Waals surface area contributed by atoms with Crippen LogP contribution in [0.15, 0.2) is 0 Å². The molecule has 0 amide bonds. The number of hydrogen-bond acceptors (Lipinski definition) is 3. The van der Waals surface area contributed by atoms with Crippen molar-refractivity contribution in [2.45, 2.75) is 56.6 Å². The molecule has 0 radical (unpaired) electrons. The second kappa shape index (κ2) is 5.25. The van der Waals surface area contributed by atoms with Crippen LogP contribution in [0, 0.1) is 5.92 Å². The van der Waals surface area contributed by atoms with E-state index in [4.69, 9.17) is 9.47 Å². The zero-order valence-corrected chi connectivity index (χ0v) is 10.7. The highest BCUT2D eigenvalue weighted by Gasteiger charge is 2.44. The van der Waals surface area contributed by atoms with Crippen LogP contribution in [-0.4, -0.2) is 38.0 Å². The highest BCUT2D eigenvalue weighted by Crippen LogP contribution is 2.37. The number of rotatable bonds is 2. The summed E-state index contributed by atoms with van der Waals surface area (Å²) in [5.74, 6) is 0.939. The third-order valence-corrected chi connectivity index (χ3v) is 4.90. The Morgan fingerprint density at radius 3 is 2.59 bits per heavy atom. The van der Waals surface area contributed by atoms with Crippen LogP contribution in [0.25, 0.3) is 0 Å². The third-order valence-electron chi connectivity index (χ3n) is 4.90. The first kappa shape index (κ1) is 11.9. The Morgan fingerprint density at radius 1 is 1.06 bits per heavy atom. The van der Waals surface area contributed by atoms with E-state index in [-0.39, 0.29) is 5.60 Å². The molecule has 0 aromatic rings. The Morgan fingerprint density at radius 2 is 1.82 bits per heavy atom. The topological polar surface area (TPSA) is 30.5 Å². The molecule has 3 nitrogen and oxygen atoms in total. The fourth-order valence-corrected chi connectivity index (χ4v) is 3.86. The van der Waals surface area contributed by atoms with Gasteiger partial charge in [-0.1, -0.05) is 25.7 Å². The van der Waals surface area contributed by atoms with E-state index in [9.17, 15) is 0 Å². The Bertz CT molecular complexity index is 236. The van der Waals surface area contributed by atoms with Crippen molar-refractivity contribution < 1.29 is 9.47 Å². The van der Waals surface area contributed by atoms with Crippen LogP contribution in [0.1, 0.15) is 44.9 Å². The average Bonchev–Trinajstić information content (AvgIpc) is 2.86. The van der Waals surface area contributed by atoms with Gasteiger partial charge in [-0.25, -0.2) is 0 Å². The zero-order valence-electron chi connectivity index (χ0n) is 10.7. The molecule has 3 heteroatoms. The molecule has 1 spiro atoms. The van der Waals surface area contributed by atoms with Gasteiger partial charge in [0.15, 0.2) is 0 Å². The predicted molar refractivity (Wildman–Crippen MR) is 67.1 cm³/mol. The largest absolute Gasteiger partial charge is 0.381 e. The molecule has 0 bridgehead atoms. The van der Waals surface area contributed by atoms with E-state index in [2.05, 4.69) is 5.32 Å². The standard InChI is InChI=1S/C14H25NO2/c1-2-4-12(3-1)11-13-14(17-10-7-15-13)5-8-16-9-6-14/h12-13,15H,1-11H2. The zero-order chi connectivity index (χ0) is 11.6. The first-order valence-electron chi connectivity index (χ1n) is 7.34. The lowest BCUT2D eigenvalue weighted by atomic mass is 9.80. The van der Waals surface area contributed by atoms with Crippen molar-refractivity contribution in [3.63, 3.8) is 0 Å². The monoisotopic (exact) mass is 239 g/mol. The number of nitrogens with one attached hydrogen (secondary N) is 1. The second-order valence-corrected chi connectivity index (χ2v) is 5.92. The van der Waals surface area contributed by atoms with Crippen molar-refractivity contribution in [2.24, 2.45) is 5.92 Å². The van der Waals surface area contributed by atoms with Crippen LogP contribution >= 0.6 is 0 Å². The maximum Gasteiger partial charge on any atom is 0.0879 e. The van der Waals surface area contributed by atoms with Gasteiger partial charge in [0.05, 0.1) is 12.2 Å². The Labute approximate surface area is 104 Å². The van der Waals surface area contributed by atoms with E-state index in [1.165, 1.54) is 32.1 Å². The average molecular weight is 239 g/mol. The summed E-state index contributed by atoms with van der Waals surface area (Å²) in [7, 11) is 0. The van der Waals surface area contributed by atoms with Crippen molar-refractivity contribution in [3.8, 4) is 0 Å². The van der Waals surface area contributed by atoms with Crippen molar-refractivity contribution in [1.29, 1.82) is 0 Å². The van der Waals surface area contributed by atoms with Crippen LogP contribution in [0.4, 0.5) is 0 Å². The molecule has 2 saturated heterocycles. The SMILES string of the molecule is C1CCC(CC2NCCOC23CCOCC3)C1. The molecule has 3 fully saturated rings. The maximum absolute atomic E-state index is 6.19. The molecular weight excluding hydrogens is 214 g/mol. The molecule has 1 unspecified atom stereocenters. The molecule has 1 N–H and O–H groups in total. The molecule has 2 aliphatic heterocycles. The molecule has 1 saturated carbocycles. The summed E-state index contributed by atoms with van der Waals surface area (Å²) in [5, 5.41) is 3.73. The molecule has 1 atom stereocenters. The molecule has 3 aliphatic rings. The van der Waals surface area contributed by atoms with Crippen LogP contribution in [0.2, 0.25) is 0 Å². The molecule has 1 aliphatic carbocycles. The fraction of sp³-hybridized carbons (Fsp3) is 1.00. The van der Waals surface area contributed by atoms with Gasteiger partial charge in [-0.3, -0.25) is 0 Å². The highest BCUT2D eigenvalue weighted by atomic mass is 16.5. The van der Waals surface area contributed by atoms with Gasteiger partial charge >= 0.3 is 0 Å². The Kier molecular flexibility index (Phi) is 3.69. The molecule has 3 rings (SSSR count). The van der Waals surface area contributed by atoms with Gasteiger partial charge in [0.1, 0.15) is 0 Å². The summed E-state index contributed by atoms with van der Waals surface area (Å²) in [5.41, 5.74) is 0.0963. The van der Waals surface area contributed by atoms with E-state index < -0.39 is 0 Å². The van der Waals surface area contributed by atoms with Gasteiger partial charge in [0.25, 0.3) is 0 Å². The minimum Gasteiger partial charge on any atom is -0.381 e. The molecule has 2 heterocycles. The molecular formula is C14H25NO2. The maximum atomic E-state index is 6.19. The lowest BCUT2D eigenvalue weighted by Gasteiger charge is -2.47. The minimum atomic E-state index is 0.0963.